The minimum Gasteiger partial charge on any atom is -0.233 e. The highest BCUT2D eigenvalue weighted by molar-refractivity contribution is 6.29. The summed E-state index contributed by atoms with van der Waals surface area (Å²) >= 11 is 6.02. The highest BCUT2D eigenvalue weighted by Gasteiger charge is 2.05. The highest BCUT2D eigenvalue weighted by atomic mass is 35.5. The number of aryl methyl sites for hydroxylation is 2. The first-order valence-corrected chi connectivity index (χ1v) is 6.17. The Morgan fingerprint density at radius 2 is 1.82 bits per heavy atom. The molecule has 0 N–H and O–H groups in total. The van der Waals surface area contributed by atoms with Crippen molar-refractivity contribution in [2.45, 2.75) is 26.7 Å². The Morgan fingerprint density at radius 1 is 1.12 bits per heavy atom. The number of halogens is 1. The van der Waals surface area contributed by atoms with E-state index in [0.717, 1.165) is 24.1 Å². The third kappa shape index (κ3) is 3.04. The van der Waals surface area contributed by atoms with Gasteiger partial charge in [0.05, 0.1) is 0 Å². The zero-order valence-electron chi connectivity index (χ0n) is 10.1. The van der Waals surface area contributed by atoms with Crippen LogP contribution in [0.2, 0.25) is 5.15 Å². The van der Waals surface area contributed by atoms with Crippen molar-refractivity contribution >= 4 is 11.6 Å². The van der Waals surface area contributed by atoms with E-state index in [4.69, 9.17) is 11.6 Å². The first kappa shape index (κ1) is 12.1. The quantitative estimate of drug-likeness (QED) is 0.764. The predicted octanol–water partition coefficient (Wildman–Crippen LogP) is 4.06. The van der Waals surface area contributed by atoms with Gasteiger partial charge < -0.3 is 0 Å². The van der Waals surface area contributed by atoms with Crippen LogP contribution < -0.4 is 0 Å². The molecule has 0 fully saturated rings. The van der Waals surface area contributed by atoms with E-state index < -0.39 is 0 Å². The van der Waals surface area contributed by atoms with E-state index in [1.165, 1.54) is 5.56 Å². The number of hydrogen-bond acceptors (Lipinski definition) is 2. The Labute approximate surface area is 107 Å². The van der Waals surface area contributed by atoms with Gasteiger partial charge in [-0.3, -0.25) is 0 Å². The van der Waals surface area contributed by atoms with Crippen LogP contribution in [0.5, 0.6) is 0 Å². The molecule has 0 radical (unpaired) electrons. The Kier molecular flexibility index (Phi) is 3.75. The fourth-order valence-corrected chi connectivity index (χ4v) is 1.89. The second-order valence-corrected chi connectivity index (χ2v) is 4.51. The van der Waals surface area contributed by atoms with E-state index in [2.05, 4.69) is 35.9 Å². The van der Waals surface area contributed by atoms with Gasteiger partial charge >= 0.3 is 0 Å². The highest BCUT2D eigenvalue weighted by Crippen LogP contribution is 2.19. The van der Waals surface area contributed by atoms with Gasteiger partial charge in [-0.15, -0.1) is 0 Å². The summed E-state index contributed by atoms with van der Waals surface area (Å²) in [7, 11) is 0. The fourth-order valence-electron chi connectivity index (χ4n) is 1.68. The maximum atomic E-state index is 6.02. The molecule has 0 amide bonds. The third-order valence-corrected chi connectivity index (χ3v) is 2.76. The van der Waals surface area contributed by atoms with Crippen LogP contribution in [0.15, 0.2) is 30.3 Å². The molecule has 0 saturated heterocycles. The maximum absolute atomic E-state index is 6.02. The van der Waals surface area contributed by atoms with Gasteiger partial charge in [-0.25, -0.2) is 9.97 Å². The summed E-state index contributed by atoms with van der Waals surface area (Å²) in [5.41, 5.74) is 3.24. The molecule has 3 heteroatoms. The van der Waals surface area contributed by atoms with Gasteiger partial charge in [-0.2, -0.15) is 0 Å². The average molecular weight is 247 g/mol. The molecule has 0 bridgehead atoms. The van der Waals surface area contributed by atoms with E-state index in [1.807, 2.05) is 18.2 Å². The first-order valence-electron chi connectivity index (χ1n) is 5.79. The third-order valence-electron chi connectivity index (χ3n) is 2.56. The van der Waals surface area contributed by atoms with Crippen LogP contribution in [0.3, 0.4) is 0 Å². The summed E-state index contributed by atoms with van der Waals surface area (Å²) in [6, 6.07) is 9.99. The molecule has 0 saturated carbocycles. The summed E-state index contributed by atoms with van der Waals surface area (Å²) < 4.78 is 0. The zero-order valence-corrected chi connectivity index (χ0v) is 10.8. The van der Waals surface area contributed by atoms with Crippen molar-refractivity contribution in [3.63, 3.8) is 0 Å². The van der Waals surface area contributed by atoms with Crippen molar-refractivity contribution in [1.29, 1.82) is 0 Å². The van der Waals surface area contributed by atoms with Crippen LogP contribution in [0, 0.1) is 6.92 Å². The van der Waals surface area contributed by atoms with Gasteiger partial charge in [0.25, 0.3) is 0 Å². The number of rotatable bonds is 3. The number of nitrogens with zero attached hydrogens (tertiary/aromatic N) is 2. The van der Waals surface area contributed by atoms with E-state index in [1.54, 1.807) is 0 Å². The summed E-state index contributed by atoms with van der Waals surface area (Å²) in [6.07, 6.45) is 1.99. The smallest absolute Gasteiger partial charge is 0.161 e. The lowest BCUT2D eigenvalue weighted by Gasteiger charge is -2.04. The predicted molar refractivity (Wildman–Crippen MR) is 71.2 cm³/mol. The monoisotopic (exact) mass is 246 g/mol. The van der Waals surface area contributed by atoms with Gasteiger partial charge in [-0.05, 0) is 19.4 Å². The van der Waals surface area contributed by atoms with Crippen LogP contribution in [-0.2, 0) is 6.42 Å². The molecular formula is C14H15ClN2. The van der Waals surface area contributed by atoms with E-state index in [-0.39, 0.29) is 0 Å². The minimum absolute atomic E-state index is 0.513. The Bertz CT molecular complexity index is 506. The summed E-state index contributed by atoms with van der Waals surface area (Å²) in [6.45, 7) is 4.19. The molecule has 0 aliphatic heterocycles. The van der Waals surface area contributed by atoms with Gasteiger partial charge in [-0.1, -0.05) is 54.8 Å². The summed E-state index contributed by atoms with van der Waals surface area (Å²) in [5, 5.41) is 0.513. The fraction of sp³-hybridized carbons (Fsp3) is 0.286. The molecular weight excluding hydrogens is 232 g/mol. The molecule has 0 aliphatic rings. The van der Waals surface area contributed by atoms with Gasteiger partial charge in [0.15, 0.2) is 5.82 Å². The number of aromatic nitrogens is 2. The van der Waals surface area contributed by atoms with Crippen molar-refractivity contribution < 1.29 is 0 Å². The second kappa shape index (κ2) is 5.28. The van der Waals surface area contributed by atoms with Crippen molar-refractivity contribution in [3.8, 4) is 11.4 Å². The summed E-state index contributed by atoms with van der Waals surface area (Å²) in [5.74, 6) is 0.709. The molecule has 0 unspecified atom stereocenters. The SMILES string of the molecule is CCCc1cc(Cl)nc(-c2ccc(C)cc2)n1. The molecule has 88 valence electrons. The Hall–Kier alpha value is -1.41. The molecule has 1 aromatic heterocycles. The van der Waals surface area contributed by atoms with Gasteiger partial charge in [0.2, 0.25) is 0 Å². The Morgan fingerprint density at radius 3 is 2.47 bits per heavy atom. The Balaban J connectivity index is 2.40. The molecule has 1 heterocycles. The van der Waals surface area contributed by atoms with Crippen LogP contribution in [0.1, 0.15) is 24.6 Å². The lowest BCUT2D eigenvalue weighted by Crippen LogP contribution is -1.96. The van der Waals surface area contributed by atoms with Gasteiger partial charge in [0.1, 0.15) is 5.15 Å². The van der Waals surface area contributed by atoms with Crippen molar-refractivity contribution in [3.05, 3.63) is 46.7 Å². The molecule has 17 heavy (non-hydrogen) atoms. The maximum Gasteiger partial charge on any atom is 0.161 e. The first-order chi connectivity index (χ1) is 8.19. The topological polar surface area (TPSA) is 25.8 Å². The lowest BCUT2D eigenvalue weighted by molar-refractivity contribution is 0.875. The van der Waals surface area contributed by atoms with Crippen LogP contribution in [0.4, 0.5) is 0 Å². The molecule has 1 aromatic carbocycles. The summed E-state index contributed by atoms with van der Waals surface area (Å²) in [4.78, 5) is 8.80. The second-order valence-electron chi connectivity index (χ2n) is 4.12. The molecule has 2 aromatic rings. The zero-order chi connectivity index (χ0) is 12.3. The van der Waals surface area contributed by atoms with Crippen molar-refractivity contribution in [1.82, 2.24) is 9.97 Å². The van der Waals surface area contributed by atoms with Crippen LogP contribution in [-0.4, -0.2) is 9.97 Å². The van der Waals surface area contributed by atoms with Crippen molar-refractivity contribution in [2.75, 3.05) is 0 Å². The van der Waals surface area contributed by atoms with E-state index in [9.17, 15) is 0 Å². The molecule has 0 aliphatic carbocycles. The lowest BCUT2D eigenvalue weighted by atomic mass is 10.1. The van der Waals surface area contributed by atoms with Crippen LogP contribution >= 0.6 is 11.6 Å². The van der Waals surface area contributed by atoms with E-state index in [0.29, 0.717) is 11.0 Å². The molecule has 0 spiro atoms. The molecule has 0 atom stereocenters. The minimum atomic E-state index is 0.513. The number of benzene rings is 1. The molecule has 2 nitrogen and oxygen atoms in total. The molecule has 2 rings (SSSR count). The largest absolute Gasteiger partial charge is 0.233 e. The standard InChI is InChI=1S/C14H15ClN2/c1-3-4-12-9-13(15)17-14(16-12)11-7-5-10(2)6-8-11/h5-9H,3-4H2,1-2H3. The normalized spacial score (nSPS) is 10.5. The number of hydrogen-bond donors (Lipinski definition) is 0. The van der Waals surface area contributed by atoms with E-state index >= 15 is 0 Å². The van der Waals surface area contributed by atoms with Gasteiger partial charge in [0, 0.05) is 11.3 Å². The van der Waals surface area contributed by atoms with Crippen LogP contribution in [0.25, 0.3) is 11.4 Å². The van der Waals surface area contributed by atoms with Crippen molar-refractivity contribution in [2.24, 2.45) is 0 Å². The average Bonchev–Trinajstić information content (AvgIpc) is 2.29.